The smallest absolute Gasteiger partial charge is 0.178 e. The molecule has 10 aromatic carbocycles. The third-order valence-electron chi connectivity index (χ3n) is 10.8. The number of hydrogen-bond acceptors (Lipinski definition) is 6. The number of carbonyl (C=O) groups excluding carboxylic acids is 2. The molecule has 0 saturated heterocycles. The van der Waals surface area contributed by atoms with Gasteiger partial charge in [0.05, 0.1) is 0 Å². The molecule has 1 aliphatic carbocycles. The maximum absolute atomic E-state index is 10.4. The minimum atomic E-state index is -0.121. The summed E-state index contributed by atoms with van der Waals surface area (Å²) in [7, 11) is 0. The van der Waals surface area contributed by atoms with Gasteiger partial charge in [0, 0.05) is 22.3 Å². The number of fused-ring (bicyclic) bond motifs is 4. The highest BCUT2D eigenvalue weighted by Gasteiger charge is 2.17. The van der Waals surface area contributed by atoms with Gasteiger partial charge in [0.15, 0.2) is 11.6 Å². The van der Waals surface area contributed by atoms with E-state index in [-0.39, 0.29) is 34.6 Å². The number of benzene rings is 10. The molecule has 0 bridgehead atoms. The van der Waals surface area contributed by atoms with Crippen molar-refractivity contribution >= 4 is 54.7 Å². The molecule has 0 saturated carbocycles. The van der Waals surface area contributed by atoms with Crippen molar-refractivity contribution in [2.24, 2.45) is 0 Å². The number of aromatic hydroxyl groups is 4. The standard InChI is InChI=1S/2C20H14O2.2C7H8.C6H4O2/c2*21-17-11-9-13-5-1-3-7-15(13)19(17)20-16-8-4-2-6-14(16)10-12-18(20)22;2*1-7-5-3-2-4-6-7;7-5-1-2-6(8)4-3-5/h2*1-12,21-22H;2*2-6H,1H3;1-4H. The average molecular weight is 865 g/mol. The van der Waals surface area contributed by atoms with Crippen molar-refractivity contribution in [2.75, 3.05) is 0 Å². The van der Waals surface area contributed by atoms with Gasteiger partial charge in [-0.1, -0.05) is 193 Å². The summed E-state index contributed by atoms with van der Waals surface area (Å²) in [5.41, 5.74) is 5.34. The summed E-state index contributed by atoms with van der Waals surface area (Å²) in [6.45, 7) is 4.17. The Balaban J connectivity index is 0.000000136. The van der Waals surface area contributed by atoms with E-state index in [1.54, 1.807) is 24.3 Å². The first-order valence-electron chi connectivity index (χ1n) is 21.4. The summed E-state index contributed by atoms with van der Waals surface area (Å²) in [5.74, 6) is 0.445. The summed E-state index contributed by atoms with van der Waals surface area (Å²) in [5, 5.41) is 49.6. The van der Waals surface area contributed by atoms with Gasteiger partial charge in [0.2, 0.25) is 0 Å². The van der Waals surface area contributed by atoms with E-state index in [0.29, 0.717) is 22.3 Å². The third-order valence-corrected chi connectivity index (χ3v) is 10.8. The Morgan fingerprint density at radius 3 is 0.682 bits per heavy atom. The van der Waals surface area contributed by atoms with E-state index in [4.69, 9.17) is 0 Å². The maximum atomic E-state index is 10.4. The first-order chi connectivity index (χ1) is 32.1. The maximum Gasteiger partial charge on any atom is 0.178 e. The van der Waals surface area contributed by atoms with Gasteiger partial charge in [-0.2, -0.15) is 0 Å². The number of phenolic OH excluding ortho intramolecular Hbond substituents is 4. The molecule has 4 N–H and O–H groups in total. The average Bonchev–Trinajstić information content (AvgIpc) is 3.34. The SMILES string of the molecule is Cc1ccccc1.Cc1ccccc1.O=C1C=CC(=O)C=C1.Oc1ccc2ccccc2c1-c1c(O)ccc2ccccc12.Oc1ccc2ccccc2c1-c1c(O)ccc2ccccc12. The normalized spacial score (nSPS) is 11.4. The van der Waals surface area contributed by atoms with Gasteiger partial charge >= 0.3 is 0 Å². The fraction of sp³-hybridized carbons (Fsp3) is 0.0333. The van der Waals surface area contributed by atoms with Crippen LogP contribution in [0.5, 0.6) is 23.0 Å². The number of phenols is 4. The van der Waals surface area contributed by atoms with E-state index in [0.717, 1.165) is 43.1 Å². The van der Waals surface area contributed by atoms with Gasteiger partial charge in [0.25, 0.3) is 0 Å². The predicted octanol–water partition coefficient (Wildman–Crippen LogP) is 14.4. The van der Waals surface area contributed by atoms with Crippen LogP contribution in [0.2, 0.25) is 0 Å². The summed E-state index contributed by atoms with van der Waals surface area (Å²) < 4.78 is 0. The molecule has 0 atom stereocenters. The zero-order valence-corrected chi connectivity index (χ0v) is 36.5. The number of ketones is 2. The molecule has 1 aliphatic rings. The quantitative estimate of drug-likeness (QED) is 0.129. The van der Waals surface area contributed by atoms with Crippen LogP contribution in [0.4, 0.5) is 0 Å². The third kappa shape index (κ3) is 11.1. The Labute approximate surface area is 384 Å². The van der Waals surface area contributed by atoms with Gasteiger partial charge in [-0.05, 0) is 106 Å². The van der Waals surface area contributed by atoms with Crippen molar-refractivity contribution in [1.82, 2.24) is 0 Å². The van der Waals surface area contributed by atoms with Crippen LogP contribution in [-0.4, -0.2) is 32.0 Å². The summed E-state index contributed by atoms with van der Waals surface area (Å²) >= 11 is 0. The van der Waals surface area contributed by atoms with Crippen LogP contribution in [0, 0.1) is 13.8 Å². The van der Waals surface area contributed by atoms with Gasteiger partial charge in [0.1, 0.15) is 23.0 Å². The molecule has 324 valence electrons. The fourth-order valence-corrected chi connectivity index (χ4v) is 7.60. The van der Waals surface area contributed by atoms with Crippen LogP contribution in [0.15, 0.2) is 231 Å². The molecule has 66 heavy (non-hydrogen) atoms. The highest BCUT2D eigenvalue weighted by atomic mass is 16.3. The first kappa shape index (κ1) is 45.3. The fourth-order valence-electron chi connectivity index (χ4n) is 7.60. The first-order valence-corrected chi connectivity index (χ1v) is 21.4. The van der Waals surface area contributed by atoms with E-state index >= 15 is 0 Å². The lowest BCUT2D eigenvalue weighted by Crippen LogP contribution is -1.97. The van der Waals surface area contributed by atoms with Gasteiger partial charge in [-0.3, -0.25) is 9.59 Å². The molecule has 0 heterocycles. The lowest BCUT2D eigenvalue weighted by molar-refractivity contribution is -0.113. The molecule has 11 rings (SSSR count). The Morgan fingerprint density at radius 2 is 0.470 bits per heavy atom. The van der Waals surface area contributed by atoms with E-state index in [1.807, 2.05) is 158 Å². The van der Waals surface area contributed by atoms with Crippen molar-refractivity contribution in [3.63, 3.8) is 0 Å². The number of hydrogen-bond donors (Lipinski definition) is 4. The van der Waals surface area contributed by atoms with Gasteiger partial charge in [-0.15, -0.1) is 0 Å². The highest BCUT2D eigenvalue weighted by molar-refractivity contribution is 6.14. The van der Waals surface area contributed by atoms with Crippen molar-refractivity contribution in [3.05, 3.63) is 242 Å². The van der Waals surface area contributed by atoms with Crippen molar-refractivity contribution in [1.29, 1.82) is 0 Å². The lowest BCUT2D eigenvalue weighted by atomic mass is 9.92. The summed E-state index contributed by atoms with van der Waals surface area (Å²) in [4.78, 5) is 20.6. The Bertz CT molecular complexity index is 2940. The molecule has 0 unspecified atom stereocenters. The molecule has 0 radical (unpaired) electrons. The van der Waals surface area contributed by atoms with E-state index in [2.05, 4.69) is 38.1 Å². The second-order valence-electron chi connectivity index (χ2n) is 15.5. The Morgan fingerprint density at radius 1 is 0.258 bits per heavy atom. The molecule has 0 aromatic heterocycles. The summed E-state index contributed by atoms with van der Waals surface area (Å²) in [6.07, 6.45) is 5.01. The monoisotopic (exact) mass is 864 g/mol. The largest absolute Gasteiger partial charge is 0.507 e. The van der Waals surface area contributed by atoms with Crippen molar-refractivity contribution < 1.29 is 30.0 Å². The predicted molar refractivity (Wildman–Crippen MR) is 271 cm³/mol. The number of rotatable bonds is 2. The van der Waals surface area contributed by atoms with Crippen LogP contribution in [-0.2, 0) is 9.59 Å². The van der Waals surface area contributed by atoms with E-state index in [9.17, 15) is 30.0 Å². The minimum absolute atomic E-state index is 0.121. The molecule has 0 amide bonds. The zero-order chi connectivity index (χ0) is 46.4. The summed E-state index contributed by atoms with van der Waals surface area (Å²) in [6, 6.07) is 66.2. The molecule has 0 spiro atoms. The van der Waals surface area contributed by atoms with Gasteiger partial charge < -0.3 is 20.4 Å². The second-order valence-corrected chi connectivity index (χ2v) is 15.5. The lowest BCUT2D eigenvalue weighted by Gasteiger charge is -2.14. The van der Waals surface area contributed by atoms with Crippen LogP contribution >= 0.6 is 0 Å². The number of carbonyl (C=O) groups is 2. The van der Waals surface area contributed by atoms with Crippen molar-refractivity contribution in [2.45, 2.75) is 13.8 Å². The Kier molecular flexibility index (Phi) is 14.8. The van der Waals surface area contributed by atoms with Gasteiger partial charge in [-0.25, -0.2) is 0 Å². The topological polar surface area (TPSA) is 115 Å². The molecular formula is C60H48O6. The van der Waals surface area contributed by atoms with E-state index in [1.165, 1.54) is 35.4 Å². The Hall–Kier alpha value is -8.74. The number of aryl methyl sites for hydroxylation is 2. The van der Waals surface area contributed by atoms with E-state index < -0.39 is 0 Å². The zero-order valence-electron chi connectivity index (χ0n) is 36.5. The molecule has 0 aliphatic heterocycles. The van der Waals surface area contributed by atoms with Crippen LogP contribution in [0.1, 0.15) is 11.1 Å². The van der Waals surface area contributed by atoms with Crippen molar-refractivity contribution in [3.8, 4) is 45.3 Å². The molecule has 6 nitrogen and oxygen atoms in total. The molecular weight excluding hydrogens is 817 g/mol. The molecule has 0 fully saturated rings. The minimum Gasteiger partial charge on any atom is -0.507 e. The molecule has 6 heteroatoms. The second kappa shape index (κ2) is 21.6. The molecule has 10 aromatic rings. The van der Waals surface area contributed by atoms with Crippen LogP contribution in [0.3, 0.4) is 0 Å². The highest BCUT2D eigenvalue weighted by Crippen LogP contribution is 2.45. The number of allylic oxidation sites excluding steroid dienone is 4. The van der Waals surface area contributed by atoms with Crippen LogP contribution in [0.25, 0.3) is 65.3 Å². The van der Waals surface area contributed by atoms with Crippen LogP contribution < -0.4 is 0 Å².